The molecule has 1 N–H and O–H groups in total. The first kappa shape index (κ1) is 18.0. The minimum atomic E-state index is -0.887. The molecule has 128 valence electrons. The number of ether oxygens (including phenoxy) is 1. The summed E-state index contributed by atoms with van der Waals surface area (Å²) in [5.74, 6) is -0.132. The van der Waals surface area contributed by atoms with Crippen molar-refractivity contribution in [3.8, 4) is 0 Å². The van der Waals surface area contributed by atoms with Gasteiger partial charge >= 0.3 is 12.1 Å². The van der Waals surface area contributed by atoms with E-state index >= 15 is 0 Å². The summed E-state index contributed by atoms with van der Waals surface area (Å²) in [7, 11) is 0. The first-order valence-corrected chi connectivity index (χ1v) is 8.93. The van der Waals surface area contributed by atoms with E-state index in [9.17, 15) is 14.7 Å². The number of likely N-dealkylation sites (tertiary alicyclic amines) is 1. The highest BCUT2D eigenvalue weighted by atomic mass is 32.2. The number of thioether (sulfide) groups is 1. The fourth-order valence-electron chi connectivity index (χ4n) is 2.20. The van der Waals surface area contributed by atoms with Crippen LogP contribution in [0.25, 0.3) is 0 Å². The third-order valence-electron chi connectivity index (χ3n) is 3.15. The van der Waals surface area contributed by atoms with Crippen molar-refractivity contribution in [3.05, 3.63) is 5.82 Å². The lowest BCUT2D eigenvalue weighted by molar-refractivity contribution is -0.138. The van der Waals surface area contributed by atoms with Crippen molar-refractivity contribution < 1.29 is 19.4 Å². The van der Waals surface area contributed by atoms with Crippen molar-refractivity contribution in [2.45, 2.75) is 55.2 Å². The molecule has 0 bridgehead atoms. The molecule has 0 spiro atoms. The number of carbonyl (C=O) groups is 2. The van der Waals surface area contributed by atoms with Gasteiger partial charge in [-0.3, -0.25) is 4.79 Å². The molecule has 1 fully saturated rings. The molecule has 23 heavy (non-hydrogen) atoms. The molecule has 0 radical (unpaired) electrons. The number of hydrogen-bond acceptors (Lipinski definition) is 7. The lowest BCUT2D eigenvalue weighted by Crippen LogP contribution is -2.62. The summed E-state index contributed by atoms with van der Waals surface area (Å²) in [5.41, 5.74) is -0.565. The minimum Gasteiger partial charge on any atom is -0.481 e. The smallest absolute Gasteiger partial charge is 0.410 e. The van der Waals surface area contributed by atoms with E-state index in [0.717, 1.165) is 16.6 Å². The zero-order valence-electron chi connectivity index (χ0n) is 13.7. The maximum absolute atomic E-state index is 12.0. The van der Waals surface area contributed by atoms with Gasteiger partial charge in [0.05, 0.1) is 11.2 Å². The Morgan fingerprint density at radius 1 is 1.43 bits per heavy atom. The van der Waals surface area contributed by atoms with Gasteiger partial charge < -0.3 is 14.7 Å². The zero-order valence-corrected chi connectivity index (χ0v) is 15.3. The third-order valence-corrected chi connectivity index (χ3v) is 5.28. The van der Waals surface area contributed by atoms with E-state index in [1.165, 1.54) is 28.2 Å². The Kier molecular flexibility index (Phi) is 5.20. The highest BCUT2D eigenvalue weighted by Crippen LogP contribution is 2.43. The van der Waals surface area contributed by atoms with Crippen LogP contribution in [-0.2, 0) is 16.0 Å². The van der Waals surface area contributed by atoms with Crippen LogP contribution < -0.4 is 0 Å². The average Bonchev–Trinajstić information content (AvgIpc) is 2.79. The van der Waals surface area contributed by atoms with E-state index in [1.807, 2.05) is 6.92 Å². The van der Waals surface area contributed by atoms with Crippen molar-refractivity contribution >= 4 is 35.4 Å². The molecule has 1 aromatic heterocycles. The minimum absolute atomic E-state index is 0.0298. The van der Waals surface area contributed by atoms with Gasteiger partial charge in [-0.25, -0.2) is 9.78 Å². The summed E-state index contributed by atoms with van der Waals surface area (Å²) >= 11 is 2.67. The fourth-order valence-corrected chi connectivity index (χ4v) is 4.65. The highest BCUT2D eigenvalue weighted by Gasteiger charge is 2.49. The van der Waals surface area contributed by atoms with Gasteiger partial charge in [0.25, 0.3) is 0 Å². The van der Waals surface area contributed by atoms with E-state index in [0.29, 0.717) is 13.1 Å². The van der Waals surface area contributed by atoms with Crippen LogP contribution in [0.3, 0.4) is 0 Å². The number of aromatic nitrogens is 2. The highest BCUT2D eigenvalue weighted by molar-refractivity contribution is 8.02. The molecule has 7 nitrogen and oxygen atoms in total. The van der Waals surface area contributed by atoms with Crippen LogP contribution in [0.5, 0.6) is 0 Å². The zero-order chi connectivity index (χ0) is 17.3. The molecule has 1 aliphatic heterocycles. The quantitative estimate of drug-likeness (QED) is 0.864. The van der Waals surface area contributed by atoms with Crippen molar-refractivity contribution in [2.75, 3.05) is 13.1 Å². The third kappa shape index (κ3) is 4.81. The van der Waals surface area contributed by atoms with Gasteiger partial charge in [0.1, 0.15) is 11.4 Å². The molecule has 1 aromatic rings. The first-order valence-electron chi connectivity index (χ1n) is 7.34. The summed E-state index contributed by atoms with van der Waals surface area (Å²) < 4.78 is 9.71. The van der Waals surface area contributed by atoms with Crippen LogP contribution in [0.4, 0.5) is 4.79 Å². The van der Waals surface area contributed by atoms with E-state index < -0.39 is 22.4 Å². The molecule has 0 saturated carbocycles. The Bertz CT molecular complexity index is 591. The van der Waals surface area contributed by atoms with Crippen molar-refractivity contribution in [3.63, 3.8) is 0 Å². The average molecular weight is 359 g/mol. The second-order valence-corrected chi connectivity index (χ2v) is 8.99. The molecule has 9 heteroatoms. The van der Waals surface area contributed by atoms with Crippen LogP contribution in [0.2, 0.25) is 0 Å². The molecule has 2 heterocycles. The summed E-state index contributed by atoms with van der Waals surface area (Å²) in [6.07, 6.45) is 0.302. The monoisotopic (exact) mass is 359 g/mol. The Morgan fingerprint density at radius 2 is 2.09 bits per heavy atom. The van der Waals surface area contributed by atoms with Gasteiger partial charge in [-0.15, -0.1) is 0 Å². The molecule has 1 aliphatic rings. The maximum atomic E-state index is 12.0. The Balaban J connectivity index is 2.02. The molecular formula is C14H21N3O4S2. The molecular weight excluding hydrogens is 338 g/mol. The second-order valence-electron chi connectivity index (χ2n) is 6.52. The van der Waals surface area contributed by atoms with Gasteiger partial charge in [-0.2, -0.15) is 4.37 Å². The molecule has 0 aliphatic carbocycles. The molecule has 1 amide bonds. The Hall–Kier alpha value is -1.35. The van der Waals surface area contributed by atoms with Gasteiger partial charge in [-0.1, -0.05) is 18.7 Å². The van der Waals surface area contributed by atoms with Crippen LogP contribution >= 0.6 is 23.3 Å². The van der Waals surface area contributed by atoms with Crippen LogP contribution in [-0.4, -0.2) is 54.9 Å². The van der Waals surface area contributed by atoms with Crippen molar-refractivity contribution in [2.24, 2.45) is 0 Å². The van der Waals surface area contributed by atoms with Gasteiger partial charge in [0.15, 0.2) is 4.34 Å². The number of amides is 1. The maximum Gasteiger partial charge on any atom is 0.410 e. The summed E-state index contributed by atoms with van der Waals surface area (Å²) in [6, 6.07) is 0. The predicted octanol–water partition coefficient (Wildman–Crippen LogP) is 2.66. The SMILES string of the molecule is CCc1nsc(SC2(CC(=O)O)CN(C(=O)OC(C)(C)C)C2)n1. The van der Waals surface area contributed by atoms with Gasteiger partial charge in [0, 0.05) is 19.5 Å². The normalized spacial score (nSPS) is 16.8. The standard InChI is InChI=1S/C14H21N3O4S2/c1-5-9-15-11(23-16-9)22-14(6-10(18)19)7-17(8-14)12(20)21-13(2,3)4/h5-8H2,1-4H3,(H,18,19). The predicted molar refractivity (Wildman–Crippen MR) is 87.9 cm³/mol. The van der Waals surface area contributed by atoms with Crippen molar-refractivity contribution in [1.82, 2.24) is 14.3 Å². The summed E-state index contributed by atoms with van der Waals surface area (Å²) in [4.78, 5) is 29.1. The fraction of sp³-hybridized carbons (Fsp3) is 0.714. The number of nitrogens with zero attached hydrogens (tertiary/aromatic N) is 3. The number of aliphatic carboxylic acids is 1. The first-order chi connectivity index (χ1) is 10.6. The molecule has 0 atom stereocenters. The number of rotatable bonds is 5. The summed E-state index contributed by atoms with van der Waals surface area (Å²) in [6.45, 7) is 8.04. The van der Waals surface area contributed by atoms with E-state index in [-0.39, 0.29) is 6.42 Å². The van der Waals surface area contributed by atoms with E-state index in [1.54, 1.807) is 20.8 Å². The number of aryl methyl sites for hydroxylation is 1. The number of carbonyl (C=O) groups excluding carboxylic acids is 1. The molecule has 1 saturated heterocycles. The Labute approximate surface area is 143 Å². The van der Waals surface area contributed by atoms with E-state index in [4.69, 9.17) is 4.74 Å². The lowest BCUT2D eigenvalue weighted by atomic mass is 9.95. The van der Waals surface area contributed by atoms with Crippen LogP contribution in [0.15, 0.2) is 4.34 Å². The van der Waals surface area contributed by atoms with Crippen LogP contribution in [0, 0.1) is 0 Å². The van der Waals surface area contributed by atoms with Crippen LogP contribution in [0.1, 0.15) is 39.9 Å². The van der Waals surface area contributed by atoms with Gasteiger partial charge in [0.2, 0.25) is 0 Å². The van der Waals surface area contributed by atoms with Crippen molar-refractivity contribution in [1.29, 1.82) is 0 Å². The largest absolute Gasteiger partial charge is 0.481 e. The second kappa shape index (κ2) is 6.64. The lowest BCUT2D eigenvalue weighted by Gasteiger charge is -2.48. The molecule has 0 unspecified atom stereocenters. The summed E-state index contributed by atoms with van der Waals surface area (Å²) in [5, 5.41) is 9.17. The Morgan fingerprint density at radius 3 is 2.57 bits per heavy atom. The number of hydrogen-bond donors (Lipinski definition) is 1. The van der Waals surface area contributed by atoms with E-state index in [2.05, 4.69) is 9.36 Å². The molecule has 2 rings (SSSR count). The molecule has 0 aromatic carbocycles. The van der Waals surface area contributed by atoms with Gasteiger partial charge in [-0.05, 0) is 32.3 Å². The number of carboxylic acid groups (broad SMARTS) is 1. The topological polar surface area (TPSA) is 92.6 Å². The number of carboxylic acids is 1.